The maximum Gasteiger partial charge on any atom is 0.466 e. The zero-order valence-corrected chi connectivity index (χ0v) is 8.32. The Balaban J connectivity index is 0. The second-order valence-corrected chi connectivity index (χ2v) is 3.52. The number of aliphatic hydroxyl groups excluding tert-OH is 4. The molecule has 0 aromatic rings. The molecule has 0 aliphatic carbocycles. The second kappa shape index (κ2) is 7.27. The monoisotopic (exact) mass is 234 g/mol. The molecule has 14 heavy (non-hydrogen) atoms. The third-order valence-corrected chi connectivity index (χ3v) is 1.08. The van der Waals surface area contributed by atoms with Gasteiger partial charge in [0.25, 0.3) is 0 Å². The predicted molar refractivity (Wildman–Crippen MR) is 45.0 cm³/mol. The fourth-order valence-corrected chi connectivity index (χ4v) is 0.429. The summed E-state index contributed by atoms with van der Waals surface area (Å²) >= 11 is 0. The fraction of sp³-hybridized carbons (Fsp3) is 1.00. The molecule has 0 aliphatic heterocycles. The van der Waals surface area contributed by atoms with Crippen LogP contribution in [0.15, 0.2) is 0 Å². The van der Waals surface area contributed by atoms with Crippen molar-refractivity contribution >= 4 is 7.82 Å². The van der Waals surface area contributed by atoms with Crippen molar-refractivity contribution in [3.8, 4) is 0 Å². The van der Waals surface area contributed by atoms with Gasteiger partial charge in [-0.3, -0.25) is 0 Å². The first-order valence-corrected chi connectivity index (χ1v) is 5.09. The molecule has 0 aliphatic rings. The summed E-state index contributed by atoms with van der Waals surface area (Å²) in [5.41, 5.74) is 0. The molecule has 0 aromatic heterocycles. The van der Waals surface area contributed by atoms with E-state index in [4.69, 9.17) is 39.7 Å². The van der Waals surface area contributed by atoms with E-state index < -0.39 is 32.7 Å². The molecule has 8 nitrogen and oxygen atoms in total. The molecule has 0 radical (unpaired) electrons. The van der Waals surface area contributed by atoms with Gasteiger partial charge in [0.1, 0.15) is 12.2 Å². The standard InChI is InChI=1S/C5H12O4.H3O4P/c1-3(7)5(9)4(8)2-6;1-5(2,3)4/h3-9H,2H2,1H3;(H3,1,2,3,4). The molecule has 7 N–H and O–H groups in total. The minimum atomic E-state index is -4.64. The summed E-state index contributed by atoms with van der Waals surface area (Å²) in [7, 11) is -4.64. The molecule has 0 spiro atoms. The van der Waals surface area contributed by atoms with Gasteiger partial charge in [-0.2, -0.15) is 0 Å². The van der Waals surface area contributed by atoms with Gasteiger partial charge in [-0.1, -0.05) is 0 Å². The number of aliphatic hydroxyl groups is 4. The highest BCUT2D eigenvalue weighted by molar-refractivity contribution is 7.45. The Morgan fingerprint density at radius 3 is 1.50 bits per heavy atom. The van der Waals surface area contributed by atoms with Crippen molar-refractivity contribution in [1.82, 2.24) is 0 Å². The van der Waals surface area contributed by atoms with E-state index in [1.165, 1.54) is 6.92 Å². The van der Waals surface area contributed by atoms with Crippen molar-refractivity contribution in [2.24, 2.45) is 0 Å². The molecular weight excluding hydrogens is 219 g/mol. The Bertz CT molecular complexity index is 168. The van der Waals surface area contributed by atoms with Crippen molar-refractivity contribution in [1.29, 1.82) is 0 Å². The van der Waals surface area contributed by atoms with Crippen LogP contribution in [0.5, 0.6) is 0 Å². The summed E-state index contributed by atoms with van der Waals surface area (Å²) in [6.45, 7) is 0.801. The Labute approximate surface area is 80.3 Å². The molecule has 0 aromatic carbocycles. The third-order valence-electron chi connectivity index (χ3n) is 1.08. The summed E-state index contributed by atoms with van der Waals surface area (Å²) in [6, 6.07) is 0. The van der Waals surface area contributed by atoms with E-state index in [1.54, 1.807) is 0 Å². The van der Waals surface area contributed by atoms with E-state index in [9.17, 15) is 0 Å². The van der Waals surface area contributed by atoms with Crippen molar-refractivity contribution in [3.05, 3.63) is 0 Å². The summed E-state index contributed by atoms with van der Waals surface area (Å²) in [5, 5.41) is 34.2. The van der Waals surface area contributed by atoms with Gasteiger partial charge >= 0.3 is 7.82 Å². The maximum atomic E-state index is 8.88. The molecule has 88 valence electrons. The van der Waals surface area contributed by atoms with Crippen LogP contribution >= 0.6 is 7.82 Å². The van der Waals surface area contributed by atoms with E-state index in [0.717, 1.165) is 0 Å². The SMILES string of the molecule is CC(O)C(O)C(O)CO.O=P(O)(O)O. The Morgan fingerprint density at radius 1 is 1.14 bits per heavy atom. The maximum absolute atomic E-state index is 8.88. The molecule has 0 fully saturated rings. The third kappa shape index (κ3) is 14.5. The van der Waals surface area contributed by atoms with Crippen molar-refractivity contribution in [3.63, 3.8) is 0 Å². The normalized spacial score (nSPS) is 17.7. The summed E-state index contributed by atoms with van der Waals surface area (Å²) in [6.07, 6.45) is -3.51. The van der Waals surface area contributed by atoms with Crippen LogP contribution in [0.2, 0.25) is 0 Å². The number of hydrogen-bond donors (Lipinski definition) is 7. The van der Waals surface area contributed by atoms with Crippen LogP contribution in [-0.4, -0.2) is 60.0 Å². The molecule has 3 unspecified atom stereocenters. The average Bonchev–Trinajstić information content (AvgIpc) is 1.98. The van der Waals surface area contributed by atoms with Crippen LogP contribution in [0, 0.1) is 0 Å². The first-order chi connectivity index (χ1) is 6.09. The highest BCUT2D eigenvalue weighted by Gasteiger charge is 2.19. The minimum absolute atomic E-state index is 0.536. The molecule has 0 rings (SSSR count). The van der Waals surface area contributed by atoms with Crippen LogP contribution < -0.4 is 0 Å². The quantitative estimate of drug-likeness (QED) is 0.257. The van der Waals surface area contributed by atoms with E-state index in [0.29, 0.717) is 0 Å². The minimum Gasteiger partial charge on any atom is -0.394 e. The molecule has 0 amide bonds. The first-order valence-electron chi connectivity index (χ1n) is 3.53. The van der Waals surface area contributed by atoms with Crippen molar-refractivity contribution < 1.29 is 39.7 Å². The molecular formula is C5H15O8P. The lowest BCUT2D eigenvalue weighted by atomic mass is 10.1. The topological polar surface area (TPSA) is 159 Å². The van der Waals surface area contributed by atoms with Crippen LogP contribution in [0.1, 0.15) is 6.92 Å². The van der Waals surface area contributed by atoms with E-state index in [-0.39, 0.29) is 0 Å². The lowest BCUT2D eigenvalue weighted by Gasteiger charge is -2.17. The van der Waals surface area contributed by atoms with E-state index in [1.807, 2.05) is 0 Å². The summed E-state index contributed by atoms with van der Waals surface area (Å²) in [4.78, 5) is 21.6. The molecule has 0 saturated heterocycles. The number of hydrogen-bond acceptors (Lipinski definition) is 5. The smallest absolute Gasteiger partial charge is 0.394 e. The van der Waals surface area contributed by atoms with E-state index >= 15 is 0 Å². The van der Waals surface area contributed by atoms with Gasteiger partial charge in [0.2, 0.25) is 0 Å². The predicted octanol–water partition coefficient (Wildman–Crippen LogP) is -2.85. The first kappa shape index (κ1) is 16.4. The second-order valence-electron chi connectivity index (χ2n) is 2.49. The molecule has 0 heterocycles. The lowest BCUT2D eigenvalue weighted by molar-refractivity contribution is -0.0698. The summed E-state index contributed by atoms with van der Waals surface area (Å²) < 4.78 is 8.88. The zero-order chi connectivity index (χ0) is 11.9. The number of rotatable bonds is 3. The van der Waals surface area contributed by atoms with Gasteiger partial charge in [-0.15, -0.1) is 0 Å². The van der Waals surface area contributed by atoms with Gasteiger partial charge in [0, 0.05) is 0 Å². The Morgan fingerprint density at radius 2 is 1.43 bits per heavy atom. The molecule has 0 saturated carbocycles. The fourth-order valence-electron chi connectivity index (χ4n) is 0.429. The van der Waals surface area contributed by atoms with Gasteiger partial charge in [-0.25, -0.2) is 4.57 Å². The van der Waals surface area contributed by atoms with Crippen LogP contribution in [-0.2, 0) is 4.57 Å². The molecule has 3 atom stereocenters. The lowest BCUT2D eigenvalue weighted by Crippen LogP contribution is -2.37. The van der Waals surface area contributed by atoms with Crippen LogP contribution in [0.25, 0.3) is 0 Å². The highest BCUT2D eigenvalue weighted by Crippen LogP contribution is 2.25. The van der Waals surface area contributed by atoms with Crippen molar-refractivity contribution in [2.75, 3.05) is 6.61 Å². The zero-order valence-electron chi connectivity index (χ0n) is 7.43. The Kier molecular flexibility index (Phi) is 8.51. The van der Waals surface area contributed by atoms with Gasteiger partial charge in [-0.05, 0) is 6.92 Å². The van der Waals surface area contributed by atoms with Gasteiger partial charge in [0.05, 0.1) is 12.7 Å². The largest absolute Gasteiger partial charge is 0.466 e. The van der Waals surface area contributed by atoms with E-state index in [2.05, 4.69) is 0 Å². The highest BCUT2D eigenvalue weighted by atomic mass is 31.2. The molecule has 9 heteroatoms. The van der Waals surface area contributed by atoms with Gasteiger partial charge < -0.3 is 35.1 Å². The van der Waals surface area contributed by atoms with Crippen LogP contribution in [0.3, 0.4) is 0 Å². The summed E-state index contributed by atoms with van der Waals surface area (Å²) in [5.74, 6) is 0. The van der Waals surface area contributed by atoms with Crippen LogP contribution in [0.4, 0.5) is 0 Å². The van der Waals surface area contributed by atoms with Gasteiger partial charge in [0.15, 0.2) is 0 Å². The average molecular weight is 234 g/mol. The number of phosphoric acid groups is 1. The van der Waals surface area contributed by atoms with Crippen molar-refractivity contribution in [2.45, 2.75) is 25.2 Å². The molecule has 0 bridgehead atoms. The Hall–Kier alpha value is -0.0500.